The summed E-state index contributed by atoms with van der Waals surface area (Å²) in [6, 6.07) is 7.53. The molecule has 8 heteroatoms. The van der Waals surface area contributed by atoms with E-state index >= 15 is 0 Å². The first-order valence-corrected chi connectivity index (χ1v) is 10.2. The van der Waals surface area contributed by atoms with Gasteiger partial charge in [0.2, 0.25) is 11.4 Å². The van der Waals surface area contributed by atoms with E-state index in [1.807, 2.05) is 0 Å². The van der Waals surface area contributed by atoms with Gasteiger partial charge in [-0.2, -0.15) is 0 Å². The van der Waals surface area contributed by atoms with Crippen molar-refractivity contribution in [3.8, 4) is 23.0 Å². The molecule has 7 nitrogen and oxygen atoms in total. The van der Waals surface area contributed by atoms with Crippen LogP contribution in [0.4, 0.5) is 0 Å². The second-order valence-corrected chi connectivity index (χ2v) is 8.12. The Kier molecular flexibility index (Phi) is 8.16. The van der Waals surface area contributed by atoms with Crippen LogP contribution in [0.5, 0.6) is 23.0 Å². The summed E-state index contributed by atoms with van der Waals surface area (Å²) >= 11 is 5.81. The average Bonchev–Trinajstić information content (AvgIpc) is 2.71. The molecule has 0 atom stereocenters. The minimum Gasteiger partial charge on any atom is -0.507 e. The maximum absolute atomic E-state index is 12.4. The molecule has 32 heavy (non-hydrogen) atoms. The standard InChI is InChI=1S/C24H27ClO7/c1-14(2)31-23(28)24(3,4)32-22-20(29-5)11-15(12-21(22)30-6)7-10-18(26)17-9-8-16(25)13-19(17)27/h7-14,27H,1-6H3/b10-7+. The maximum atomic E-state index is 12.4. The van der Waals surface area contributed by atoms with Crippen molar-refractivity contribution in [1.29, 1.82) is 0 Å². The summed E-state index contributed by atoms with van der Waals surface area (Å²) < 4.78 is 22.0. The minimum absolute atomic E-state index is 0.120. The first-order valence-electron chi connectivity index (χ1n) is 9.85. The van der Waals surface area contributed by atoms with E-state index in [4.69, 9.17) is 30.5 Å². The highest BCUT2D eigenvalue weighted by atomic mass is 35.5. The molecule has 2 aromatic rings. The fourth-order valence-electron chi connectivity index (χ4n) is 2.72. The molecule has 2 rings (SSSR count). The van der Waals surface area contributed by atoms with Gasteiger partial charge in [0.1, 0.15) is 5.75 Å². The lowest BCUT2D eigenvalue weighted by Crippen LogP contribution is -2.41. The Morgan fingerprint density at radius 1 is 1.06 bits per heavy atom. The smallest absolute Gasteiger partial charge is 0.350 e. The zero-order chi connectivity index (χ0) is 24.1. The summed E-state index contributed by atoms with van der Waals surface area (Å²) in [6.07, 6.45) is 2.56. The number of allylic oxidation sites excluding steroid dienone is 1. The van der Waals surface area contributed by atoms with Gasteiger partial charge in [0, 0.05) is 5.02 Å². The van der Waals surface area contributed by atoms with E-state index in [0.29, 0.717) is 22.1 Å². The van der Waals surface area contributed by atoms with Crippen molar-refractivity contribution in [2.75, 3.05) is 14.2 Å². The van der Waals surface area contributed by atoms with Crippen LogP contribution in [-0.4, -0.2) is 42.8 Å². The van der Waals surface area contributed by atoms with Gasteiger partial charge in [0.15, 0.2) is 17.3 Å². The van der Waals surface area contributed by atoms with Crippen LogP contribution in [0.25, 0.3) is 6.08 Å². The number of ketones is 1. The Hall–Kier alpha value is -3.19. The summed E-state index contributed by atoms with van der Waals surface area (Å²) in [5, 5.41) is 10.3. The number of ether oxygens (including phenoxy) is 4. The number of phenolic OH excluding ortho intramolecular Hbond substituents is 1. The first kappa shape index (κ1) is 25.1. The predicted octanol–water partition coefficient (Wildman–Crippen LogP) is 5.07. The quantitative estimate of drug-likeness (QED) is 0.316. The van der Waals surface area contributed by atoms with Gasteiger partial charge in [-0.05, 0) is 69.7 Å². The van der Waals surface area contributed by atoms with Crippen molar-refractivity contribution in [3.63, 3.8) is 0 Å². The molecule has 0 aliphatic carbocycles. The first-order chi connectivity index (χ1) is 15.0. The SMILES string of the molecule is COc1cc(/C=C/C(=O)c2ccc(Cl)cc2O)cc(OC)c1OC(C)(C)C(=O)OC(C)C. The number of rotatable bonds is 9. The average molecular weight is 463 g/mol. The van der Waals surface area contributed by atoms with Crippen LogP contribution in [0.1, 0.15) is 43.6 Å². The number of hydrogen-bond donors (Lipinski definition) is 1. The highest BCUT2D eigenvalue weighted by Crippen LogP contribution is 2.41. The lowest BCUT2D eigenvalue weighted by molar-refractivity contribution is -0.163. The molecule has 0 radical (unpaired) electrons. The molecule has 0 amide bonds. The highest BCUT2D eigenvalue weighted by molar-refractivity contribution is 6.31. The molecule has 0 bridgehead atoms. The van der Waals surface area contributed by atoms with Crippen molar-refractivity contribution in [1.82, 2.24) is 0 Å². The van der Waals surface area contributed by atoms with Gasteiger partial charge in [-0.25, -0.2) is 4.79 Å². The number of hydrogen-bond acceptors (Lipinski definition) is 7. The van der Waals surface area contributed by atoms with Crippen molar-refractivity contribution >= 4 is 29.4 Å². The molecule has 0 aliphatic rings. The third-order valence-electron chi connectivity index (χ3n) is 4.33. The van der Waals surface area contributed by atoms with Crippen LogP contribution in [0.15, 0.2) is 36.4 Å². The molecule has 0 saturated carbocycles. The molecular formula is C24H27ClO7. The van der Waals surface area contributed by atoms with Crippen LogP contribution < -0.4 is 14.2 Å². The fourth-order valence-corrected chi connectivity index (χ4v) is 2.89. The van der Waals surface area contributed by atoms with Gasteiger partial charge in [0.05, 0.1) is 25.9 Å². The maximum Gasteiger partial charge on any atom is 0.350 e. The van der Waals surface area contributed by atoms with Gasteiger partial charge in [-0.15, -0.1) is 0 Å². The molecular weight excluding hydrogens is 436 g/mol. The summed E-state index contributed by atoms with van der Waals surface area (Å²) in [4.78, 5) is 24.8. The molecule has 0 aromatic heterocycles. The third-order valence-corrected chi connectivity index (χ3v) is 4.56. The monoisotopic (exact) mass is 462 g/mol. The van der Waals surface area contributed by atoms with E-state index in [1.165, 1.54) is 38.5 Å². The Bertz CT molecular complexity index is 1000. The lowest BCUT2D eigenvalue weighted by Gasteiger charge is -2.27. The number of carbonyl (C=O) groups excluding carboxylic acids is 2. The number of benzene rings is 2. The van der Waals surface area contributed by atoms with Crippen molar-refractivity contribution in [2.24, 2.45) is 0 Å². The zero-order valence-electron chi connectivity index (χ0n) is 18.9. The summed E-state index contributed by atoms with van der Waals surface area (Å²) in [6.45, 7) is 6.67. The van der Waals surface area contributed by atoms with E-state index in [-0.39, 0.29) is 23.2 Å². The van der Waals surface area contributed by atoms with Crippen molar-refractivity contribution < 1.29 is 33.6 Å². The third kappa shape index (κ3) is 6.17. The number of methoxy groups -OCH3 is 2. The largest absolute Gasteiger partial charge is 0.507 e. The zero-order valence-corrected chi connectivity index (χ0v) is 19.6. The fraction of sp³-hybridized carbons (Fsp3) is 0.333. The van der Waals surface area contributed by atoms with E-state index in [1.54, 1.807) is 45.9 Å². The van der Waals surface area contributed by atoms with E-state index < -0.39 is 17.4 Å². The highest BCUT2D eigenvalue weighted by Gasteiger charge is 2.34. The Labute approximate surface area is 192 Å². The van der Waals surface area contributed by atoms with Gasteiger partial charge < -0.3 is 24.1 Å². The molecule has 0 fully saturated rings. The molecule has 1 N–H and O–H groups in total. The Morgan fingerprint density at radius 2 is 1.66 bits per heavy atom. The molecule has 172 valence electrons. The summed E-state index contributed by atoms with van der Waals surface area (Å²) in [5.74, 6) is -0.322. The number of halogens is 1. The molecule has 0 spiro atoms. The van der Waals surface area contributed by atoms with E-state index in [2.05, 4.69) is 0 Å². The van der Waals surface area contributed by atoms with Crippen molar-refractivity contribution in [2.45, 2.75) is 39.4 Å². The number of carbonyl (C=O) groups is 2. The summed E-state index contributed by atoms with van der Waals surface area (Å²) in [5.41, 5.74) is -0.602. The Balaban J connectivity index is 2.35. The van der Waals surface area contributed by atoms with E-state index in [0.717, 1.165) is 0 Å². The lowest BCUT2D eigenvalue weighted by atomic mass is 10.1. The van der Waals surface area contributed by atoms with Gasteiger partial charge in [-0.3, -0.25) is 4.79 Å². The van der Waals surface area contributed by atoms with Crippen LogP contribution in [0, 0.1) is 0 Å². The van der Waals surface area contributed by atoms with Crippen LogP contribution in [0.2, 0.25) is 5.02 Å². The summed E-state index contributed by atoms with van der Waals surface area (Å²) in [7, 11) is 2.90. The van der Waals surface area contributed by atoms with Gasteiger partial charge in [-0.1, -0.05) is 17.7 Å². The number of esters is 1. The van der Waals surface area contributed by atoms with Crippen LogP contribution in [0.3, 0.4) is 0 Å². The molecule has 0 aliphatic heterocycles. The Morgan fingerprint density at radius 3 is 2.16 bits per heavy atom. The molecule has 2 aromatic carbocycles. The number of phenols is 1. The molecule has 0 unspecified atom stereocenters. The predicted molar refractivity (Wildman–Crippen MR) is 122 cm³/mol. The van der Waals surface area contributed by atoms with Crippen molar-refractivity contribution in [3.05, 3.63) is 52.6 Å². The van der Waals surface area contributed by atoms with Gasteiger partial charge in [0.25, 0.3) is 0 Å². The van der Waals surface area contributed by atoms with E-state index in [9.17, 15) is 14.7 Å². The topological polar surface area (TPSA) is 91.3 Å². The second kappa shape index (κ2) is 10.4. The molecule has 0 heterocycles. The molecule has 0 saturated heterocycles. The van der Waals surface area contributed by atoms with Crippen LogP contribution >= 0.6 is 11.6 Å². The second-order valence-electron chi connectivity index (χ2n) is 7.68. The number of aromatic hydroxyl groups is 1. The van der Waals surface area contributed by atoms with Gasteiger partial charge >= 0.3 is 5.97 Å². The normalized spacial score (nSPS) is 11.5. The minimum atomic E-state index is -1.30. The van der Waals surface area contributed by atoms with Crippen LogP contribution in [-0.2, 0) is 9.53 Å².